The monoisotopic (exact) mass is 299 g/mol. The van der Waals surface area contributed by atoms with E-state index >= 15 is 0 Å². The van der Waals surface area contributed by atoms with E-state index < -0.39 is 16.6 Å². The average molecular weight is 299 g/mol. The first-order chi connectivity index (χ1) is 10.1. The largest absolute Gasteiger partial charge is 0.473 e. The summed E-state index contributed by atoms with van der Waals surface area (Å²) in [5.41, 5.74) is -0.706. The van der Waals surface area contributed by atoms with Crippen LogP contribution >= 0.6 is 0 Å². The molecule has 122 valence electrons. The second kappa shape index (κ2) is 13.6. The fourth-order valence-electron chi connectivity index (χ4n) is 2.29. The van der Waals surface area contributed by atoms with Crippen LogP contribution in [0.5, 0.6) is 0 Å². The molecule has 0 aliphatic carbocycles. The first kappa shape index (κ1) is 19.6. The molecule has 0 amide bonds. The molecule has 0 aromatic rings. The average Bonchev–Trinajstić information content (AvgIpc) is 2.43. The van der Waals surface area contributed by atoms with E-state index in [0.717, 1.165) is 19.3 Å². The van der Waals surface area contributed by atoms with Crippen LogP contribution in [-0.4, -0.2) is 16.0 Å². The summed E-state index contributed by atoms with van der Waals surface area (Å²) in [7, 11) is 0. The van der Waals surface area contributed by atoms with E-state index in [2.05, 4.69) is 6.92 Å². The van der Waals surface area contributed by atoms with Crippen molar-refractivity contribution >= 4 is 5.97 Å². The number of hydrogen-bond donors (Lipinski definition) is 1. The van der Waals surface area contributed by atoms with E-state index in [1.165, 1.54) is 57.4 Å². The minimum Gasteiger partial charge on any atom is -0.473 e. The summed E-state index contributed by atoms with van der Waals surface area (Å²) in [5, 5.41) is 19.0. The Kier molecular flexibility index (Phi) is 12.7. The number of nitrogens with zero attached hydrogens (tertiary/aromatic N) is 1. The second-order valence-corrected chi connectivity index (χ2v) is 5.48. The van der Waals surface area contributed by atoms with E-state index in [1.807, 2.05) is 0 Å². The van der Waals surface area contributed by atoms with Gasteiger partial charge in [0, 0.05) is 6.08 Å². The number of rotatable bonds is 14. The van der Waals surface area contributed by atoms with Crippen LogP contribution in [0.2, 0.25) is 0 Å². The van der Waals surface area contributed by atoms with Gasteiger partial charge in [-0.3, -0.25) is 10.1 Å². The molecular formula is C16H29NO4. The van der Waals surface area contributed by atoms with Gasteiger partial charge in [0.25, 0.3) is 0 Å². The van der Waals surface area contributed by atoms with Crippen LogP contribution in [0.4, 0.5) is 0 Å². The minimum atomic E-state index is -1.46. The Hall–Kier alpha value is -1.39. The lowest BCUT2D eigenvalue weighted by molar-refractivity contribution is -0.421. The molecule has 0 unspecified atom stereocenters. The zero-order valence-corrected chi connectivity index (χ0v) is 13.2. The predicted molar refractivity (Wildman–Crippen MR) is 83.8 cm³/mol. The molecule has 1 N–H and O–H groups in total. The summed E-state index contributed by atoms with van der Waals surface area (Å²) >= 11 is 0. The Balaban J connectivity index is 3.42. The summed E-state index contributed by atoms with van der Waals surface area (Å²) in [4.78, 5) is 20.2. The van der Waals surface area contributed by atoms with Crippen molar-refractivity contribution in [2.45, 2.75) is 84.0 Å². The molecule has 21 heavy (non-hydrogen) atoms. The fraction of sp³-hybridized carbons (Fsp3) is 0.812. The van der Waals surface area contributed by atoms with Gasteiger partial charge in [0.2, 0.25) is 0 Å². The maximum Gasteiger partial charge on any atom is 0.407 e. The molecule has 0 fully saturated rings. The highest BCUT2D eigenvalue weighted by Crippen LogP contribution is 2.12. The Morgan fingerprint density at radius 3 is 1.76 bits per heavy atom. The molecule has 0 bridgehead atoms. The zero-order valence-electron chi connectivity index (χ0n) is 13.2. The molecule has 0 saturated heterocycles. The predicted octanol–water partition coefficient (Wildman–Crippen LogP) is 4.93. The SMILES string of the molecule is CCCCCCCCCCCCCC=C(C(=O)O)[N+](=O)[O-]. The third kappa shape index (κ3) is 12.1. The Morgan fingerprint density at radius 1 is 0.952 bits per heavy atom. The van der Waals surface area contributed by atoms with Crippen molar-refractivity contribution in [1.82, 2.24) is 0 Å². The molecule has 0 radical (unpaired) electrons. The molecule has 0 aromatic heterocycles. The molecule has 0 saturated carbocycles. The van der Waals surface area contributed by atoms with E-state index in [4.69, 9.17) is 5.11 Å². The second-order valence-electron chi connectivity index (χ2n) is 5.48. The van der Waals surface area contributed by atoms with Crippen molar-refractivity contribution in [3.63, 3.8) is 0 Å². The summed E-state index contributed by atoms with van der Waals surface area (Å²) < 4.78 is 0. The van der Waals surface area contributed by atoms with Gasteiger partial charge >= 0.3 is 11.7 Å². The highest BCUT2D eigenvalue weighted by atomic mass is 16.6. The van der Waals surface area contributed by atoms with Crippen molar-refractivity contribution in [2.75, 3.05) is 0 Å². The number of nitro groups is 1. The van der Waals surface area contributed by atoms with Crippen molar-refractivity contribution in [1.29, 1.82) is 0 Å². The third-order valence-electron chi connectivity index (χ3n) is 3.56. The Morgan fingerprint density at radius 2 is 1.38 bits per heavy atom. The smallest absolute Gasteiger partial charge is 0.407 e. The van der Waals surface area contributed by atoms with Crippen LogP contribution < -0.4 is 0 Å². The molecule has 0 aliphatic heterocycles. The first-order valence-corrected chi connectivity index (χ1v) is 8.17. The van der Waals surface area contributed by atoms with Gasteiger partial charge < -0.3 is 5.11 Å². The molecule has 0 heterocycles. The normalized spacial score (nSPS) is 11.6. The summed E-state index contributed by atoms with van der Waals surface area (Å²) in [6, 6.07) is 0. The summed E-state index contributed by atoms with van der Waals surface area (Å²) in [6.45, 7) is 2.22. The third-order valence-corrected chi connectivity index (χ3v) is 3.56. The van der Waals surface area contributed by atoms with Gasteiger partial charge in [-0.25, -0.2) is 4.79 Å². The standard InChI is InChI=1S/C16H29NO4/c1-2-3-4-5-6-7-8-9-10-11-12-13-14-15(16(18)19)17(20)21/h14H,2-13H2,1H3,(H,18,19). The highest BCUT2D eigenvalue weighted by molar-refractivity contribution is 5.83. The molecule has 0 aliphatic rings. The van der Waals surface area contributed by atoms with E-state index in [1.54, 1.807) is 0 Å². The lowest BCUT2D eigenvalue weighted by Crippen LogP contribution is -2.09. The van der Waals surface area contributed by atoms with E-state index in [0.29, 0.717) is 6.42 Å². The van der Waals surface area contributed by atoms with Crippen molar-refractivity contribution in [3.05, 3.63) is 21.9 Å². The van der Waals surface area contributed by atoms with Gasteiger partial charge in [-0.05, 0) is 12.8 Å². The lowest BCUT2D eigenvalue weighted by Gasteiger charge is -2.01. The van der Waals surface area contributed by atoms with Gasteiger partial charge in [-0.15, -0.1) is 0 Å². The minimum absolute atomic E-state index is 0.472. The van der Waals surface area contributed by atoms with E-state index in [9.17, 15) is 14.9 Å². The fourth-order valence-corrected chi connectivity index (χ4v) is 2.29. The van der Waals surface area contributed by atoms with Crippen LogP contribution in [0.25, 0.3) is 0 Å². The lowest BCUT2D eigenvalue weighted by atomic mass is 10.1. The quantitative estimate of drug-likeness (QED) is 0.213. The van der Waals surface area contributed by atoms with Crippen LogP contribution in [0.3, 0.4) is 0 Å². The Bertz CT molecular complexity index is 310. The maximum atomic E-state index is 10.6. The number of hydrogen-bond acceptors (Lipinski definition) is 3. The maximum absolute atomic E-state index is 10.6. The molecule has 5 heteroatoms. The zero-order chi connectivity index (χ0) is 15.9. The molecule has 0 aromatic carbocycles. The number of carbonyl (C=O) groups is 1. The summed E-state index contributed by atoms with van der Waals surface area (Å²) in [6.07, 6.45) is 15.1. The van der Waals surface area contributed by atoms with Crippen molar-refractivity contribution in [2.24, 2.45) is 0 Å². The highest BCUT2D eigenvalue weighted by Gasteiger charge is 2.19. The molecule has 0 rings (SSSR count). The van der Waals surface area contributed by atoms with Gasteiger partial charge in [0.15, 0.2) is 0 Å². The molecular weight excluding hydrogens is 270 g/mol. The Labute approximate surface area is 127 Å². The summed E-state index contributed by atoms with van der Waals surface area (Å²) in [5.74, 6) is -1.46. The van der Waals surface area contributed by atoms with Gasteiger partial charge in [-0.1, -0.05) is 71.1 Å². The number of aliphatic carboxylic acids is 1. The van der Waals surface area contributed by atoms with Crippen LogP contribution in [0.1, 0.15) is 84.0 Å². The molecule has 0 spiro atoms. The van der Waals surface area contributed by atoms with Crippen molar-refractivity contribution in [3.8, 4) is 0 Å². The van der Waals surface area contributed by atoms with Gasteiger partial charge in [0.05, 0.1) is 4.92 Å². The first-order valence-electron chi connectivity index (χ1n) is 8.17. The van der Waals surface area contributed by atoms with Crippen molar-refractivity contribution < 1.29 is 14.8 Å². The molecule has 5 nitrogen and oxygen atoms in total. The number of unbranched alkanes of at least 4 members (excludes halogenated alkanes) is 11. The number of carboxylic acids is 1. The van der Waals surface area contributed by atoms with Crippen LogP contribution in [-0.2, 0) is 4.79 Å². The topological polar surface area (TPSA) is 80.4 Å². The van der Waals surface area contributed by atoms with E-state index in [-0.39, 0.29) is 0 Å². The number of carboxylic acid groups (broad SMARTS) is 1. The van der Waals surface area contributed by atoms with Crippen LogP contribution in [0.15, 0.2) is 11.8 Å². The van der Waals surface area contributed by atoms with Gasteiger partial charge in [0.1, 0.15) is 0 Å². The molecule has 0 atom stereocenters. The van der Waals surface area contributed by atoms with Crippen LogP contribution in [0, 0.1) is 10.1 Å². The van der Waals surface area contributed by atoms with Gasteiger partial charge in [-0.2, -0.15) is 0 Å². The number of allylic oxidation sites excluding steroid dienone is 1.